The van der Waals surface area contributed by atoms with Crippen molar-refractivity contribution in [1.82, 2.24) is 0 Å². The molecule has 0 saturated carbocycles. The molecule has 0 aliphatic carbocycles. The first kappa shape index (κ1) is 18.2. The van der Waals surface area contributed by atoms with Crippen LogP contribution in [0.15, 0.2) is 77.0 Å². The predicted molar refractivity (Wildman–Crippen MR) is 110 cm³/mol. The zero-order chi connectivity index (χ0) is 19.7. The van der Waals surface area contributed by atoms with Gasteiger partial charge in [0.25, 0.3) is 0 Å². The number of ketones is 1. The quantitative estimate of drug-likeness (QED) is 0.306. The van der Waals surface area contributed by atoms with Crippen LogP contribution in [0.1, 0.15) is 31.8 Å². The summed E-state index contributed by atoms with van der Waals surface area (Å²) < 4.78 is 12.3. The average molecular weight is 435 g/mol. The molecule has 0 aromatic heterocycles. The lowest BCUT2D eigenvalue weighted by Crippen LogP contribution is -2.09. The molecule has 28 heavy (non-hydrogen) atoms. The van der Waals surface area contributed by atoms with E-state index in [0.717, 1.165) is 10.0 Å². The molecule has 0 bridgehead atoms. The Morgan fingerprint density at radius 1 is 1.00 bits per heavy atom. The van der Waals surface area contributed by atoms with Gasteiger partial charge in [-0.15, -0.1) is 0 Å². The minimum Gasteiger partial charge on any atom is -0.452 e. The maximum atomic E-state index is 12.7. The number of benzene rings is 3. The summed E-state index contributed by atoms with van der Waals surface area (Å²) in [6.45, 7) is 1.77. The van der Waals surface area contributed by atoms with Gasteiger partial charge in [0.1, 0.15) is 11.5 Å². The fraction of sp³-hybridized carbons (Fsp3) is 0.0435. The van der Waals surface area contributed by atoms with Gasteiger partial charge in [0, 0.05) is 10.0 Å². The summed E-state index contributed by atoms with van der Waals surface area (Å²) >= 11 is 3.39. The van der Waals surface area contributed by atoms with E-state index < -0.39 is 5.97 Å². The number of ether oxygens (including phenoxy) is 2. The molecular formula is C23H15BrO4. The summed E-state index contributed by atoms with van der Waals surface area (Å²) in [6, 6.07) is 19.5. The third-order valence-corrected chi connectivity index (χ3v) is 4.95. The third kappa shape index (κ3) is 3.49. The van der Waals surface area contributed by atoms with Crippen molar-refractivity contribution in [2.75, 3.05) is 0 Å². The summed E-state index contributed by atoms with van der Waals surface area (Å²) in [5, 5.41) is 0. The first-order valence-corrected chi connectivity index (χ1v) is 9.43. The molecule has 0 saturated heterocycles. The Morgan fingerprint density at radius 2 is 1.71 bits per heavy atom. The molecule has 1 aliphatic heterocycles. The summed E-state index contributed by atoms with van der Waals surface area (Å²) in [6.07, 6.45) is 1.70. The Kier molecular flexibility index (Phi) is 4.84. The van der Waals surface area contributed by atoms with Crippen molar-refractivity contribution >= 4 is 33.8 Å². The Bertz CT molecular complexity index is 1100. The summed E-state index contributed by atoms with van der Waals surface area (Å²) in [5.74, 6) is 0.379. The minimum absolute atomic E-state index is 0.193. The molecule has 0 spiro atoms. The molecule has 138 valence electrons. The molecule has 5 heteroatoms. The van der Waals surface area contributed by atoms with Crippen molar-refractivity contribution in [1.29, 1.82) is 0 Å². The molecule has 0 atom stereocenters. The second-order valence-electron chi connectivity index (χ2n) is 6.31. The van der Waals surface area contributed by atoms with E-state index in [4.69, 9.17) is 9.47 Å². The minimum atomic E-state index is -0.460. The van der Waals surface area contributed by atoms with Gasteiger partial charge in [-0.2, -0.15) is 0 Å². The van der Waals surface area contributed by atoms with Gasteiger partial charge >= 0.3 is 5.97 Å². The molecule has 4 rings (SSSR count). The number of carbonyl (C=O) groups excluding carboxylic acids is 2. The molecule has 0 amide bonds. The van der Waals surface area contributed by atoms with Crippen molar-refractivity contribution in [2.45, 2.75) is 6.92 Å². The molecule has 4 nitrogen and oxygen atoms in total. The second-order valence-corrected chi connectivity index (χ2v) is 7.23. The van der Waals surface area contributed by atoms with Gasteiger partial charge in [0.05, 0.1) is 11.1 Å². The van der Waals surface area contributed by atoms with Crippen LogP contribution in [0.2, 0.25) is 0 Å². The highest BCUT2D eigenvalue weighted by atomic mass is 79.9. The first-order chi connectivity index (χ1) is 13.5. The Hall–Kier alpha value is -3.18. The van der Waals surface area contributed by atoms with Crippen molar-refractivity contribution in [3.63, 3.8) is 0 Å². The molecule has 0 radical (unpaired) electrons. The first-order valence-electron chi connectivity index (χ1n) is 8.63. The number of fused-ring (bicyclic) bond motifs is 1. The molecule has 1 aliphatic rings. The number of hydrogen-bond acceptors (Lipinski definition) is 4. The smallest absolute Gasteiger partial charge is 0.343 e. The molecule has 3 aromatic carbocycles. The average Bonchev–Trinajstić information content (AvgIpc) is 3.03. The fourth-order valence-corrected chi connectivity index (χ4v) is 3.19. The molecule has 3 aromatic rings. The number of Topliss-reactive ketones (excluding diaryl/α,β-unsaturated/α-hetero) is 1. The van der Waals surface area contributed by atoms with E-state index in [1.54, 1.807) is 49.4 Å². The van der Waals surface area contributed by atoms with Crippen molar-refractivity contribution in [3.05, 3.63) is 99.2 Å². The van der Waals surface area contributed by atoms with Gasteiger partial charge in [-0.25, -0.2) is 4.79 Å². The van der Waals surface area contributed by atoms with E-state index >= 15 is 0 Å². The zero-order valence-electron chi connectivity index (χ0n) is 14.9. The lowest BCUT2D eigenvalue weighted by Gasteiger charge is -2.10. The molecule has 1 heterocycles. The van der Waals surface area contributed by atoms with Gasteiger partial charge in [0.15, 0.2) is 5.76 Å². The van der Waals surface area contributed by atoms with Crippen LogP contribution in [-0.2, 0) is 0 Å². The zero-order valence-corrected chi connectivity index (χ0v) is 16.5. The van der Waals surface area contributed by atoms with Crippen molar-refractivity contribution < 1.29 is 19.1 Å². The fourth-order valence-electron chi connectivity index (χ4n) is 2.92. The van der Waals surface area contributed by atoms with Crippen LogP contribution >= 0.6 is 15.9 Å². The van der Waals surface area contributed by atoms with Crippen LogP contribution in [0.5, 0.6) is 11.5 Å². The SMILES string of the molecule is Cc1c(OC(=O)c2ccccc2)ccc2c1O/C(=C\c1ccc(Br)cc1)C2=O. The highest BCUT2D eigenvalue weighted by molar-refractivity contribution is 9.10. The normalized spacial score (nSPS) is 13.9. The highest BCUT2D eigenvalue weighted by Crippen LogP contribution is 2.39. The van der Waals surface area contributed by atoms with Crippen LogP contribution in [0.4, 0.5) is 0 Å². The topological polar surface area (TPSA) is 52.6 Å². The van der Waals surface area contributed by atoms with Gasteiger partial charge in [-0.1, -0.05) is 46.3 Å². The highest BCUT2D eigenvalue weighted by Gasteiger charge is 2.30. The van der Waals surface area contributed by atoms with Crippen LogP contribution < -0.4 is 9.47 Å². The van der Waals surface area contributed by atoms with Gasteiger partial charge in [-0.05, 0) is 55.0 Å². The lowest BCUT2D eigenvalue weighted by atomic mass is 10.1. The maximum absolute atomic E-state index is 12.7. The van der Waals surface area contributed by atoms with Gasteiger partial charge < -0.3 is 9.47 Å². The van der Waals surface area contributed by atoms with Crippen molar-refractivity contribution in [2.24, 2.45) is 0 Å². The van der Waals surface area contributed by atoms with E-state index in [2.05, 4.69) is 15.9 Å². The van der Waals surface area contributed by atoms with Crippen LogP contribution in [0.25, 0.3) is 6.08 Å². The largest absolute Gasteiger partial charge is 0.452 e. The van der Waals surface area contributed by atoms with Gasteiger partial charge in [-0.3, -0.25) is 4.79 Å². The Labute approximate surface area is 170 Å². The summed E-state index contributed by atoms with van der Waals surface area (Å²) in [5.41, 5.74) is 2.37. The number of halogens is 1. The van der Waals surface area contributed by atoms with Crippen LogP contribution in [0, 0.1) is 6.92 Å². The lowest BCUT2D eigenvalue weighted by molar-refractivity contribution is 0.0733. The number of rotatable bonds is 3. The van der Waals surface area contributed by atoms with E-state index in [9.17, 15) is 9.59 Å². The second kappa shape index (κ2) is 7.44. The van der Waals surface area contributed by atoms with E-state index in [1.165, 1.54) is 0 Å². The van der Waals surface area contributed by atoms with Gasteiger partial charge in [0.2, 0.25) is 5.78 Å². The van der Waals surface area contributed by atoms with E-state index in [-0.39, 0.29) is 11.5 Å². The third-order valence-electron chi connectivity index (χ3n) is 4.42. The molecule has 0 unspecified atom stereocenters. The molecule has 0 fully saturated rings. The Morgan fingerprint density at radius 3 is 2.43 bits per heavy atom. The van der Waals surface area contributed by atoms with Crippen LogP contribution in [0.3, 0.4) is 0 Å². The Balaban J connectivity index is 1.61. The summed E-state index contributed by atoms with van der Waals surface area (Å²) in [4.78, 5) is 25.0. The molecule has 0 N–H and O–H groups in total. The standard InChI is InChI=1S/C23H15BrO4/c1-14-19(28-23(26)16-5-3-2-4-6-16)12-11-18-21(25)20(27-22(14)18)13-15-7-9-17(24)10-8-15/h2-13H,1H3/b20-13-. The number of esters is 1. The van der Waals surface area contributed by atoms with E-state index in [0.29, 0.717) is 28.2 Å². The molecular weight excluding hydrogens is 420 g/mol. The number of allylic oxidation sites excluding steroid dienone is 1. The number of hydrogen-bond donors (Lipinski definition) is 0. The number of carbonyl (C=O) groups is 2. The van der Waals surface area contributed by atoms with Crippen LogP contribution in [-0.4, -0.2) is 11.8 Å². The summed E-state index contributed by atoms with van der Waals surface area (Å²) in [7, 11) is 0. The monoisotopic (exact) mass is 434 g/mol. The van der Waals surface area contributed by atoms with E-state index in [1.807, 2.05) is 30.3 Å². The van der Waals surface area contributed by atoms with Crippen molar-refractivity contribution in [3.8, 4) is 11.5 Å². The maximum Gasteiger partial charge on any atom is 0.343 e. The predicted octanol–water partition coefficient (Wildman–Crippen LogP) is 5.59.